The average molecular weight is 294 g/mol. The standard InChI is InChI=1S/C16H13F3O2/c1-9(7-14(20)21)10-3-2-4-11(8-10)12-5-6-13(17)16(19)15(12)18/h2-6,8-9H,7H2,1H3,(H,20,21). The SMILES string of the molecule is CC(CC(=O)O)c1cccc(-c2ccc(F)c(F)c2F)c1. The zero-order valence-corrected chi connectivity index (χ0v) is 11.2. The first-order valence-corrected chi connectivity index (χ1v) is 6.35. The highest BCUT2D eigenvalue weighted by Gasteiger charge is 2.16. The van der Waals surface area contributed by atoms with Crippen molar-refractivity contribution < 1.29 is 23.1 Å². The van der Waals surface area contributed by atoms with Crippen LogP contribution in [0.1, 0.15) is 24.8 Å². The van der Waals surface area contributed by atoms with Gasteiger partial charge in [0.05, 0.1) is 6.42 Å². The topological polar surface area (TPSA) is 37.3 Å². The van der Waals surface area contributed by atoms with Crippen molar-refractivity contribution in [3.63, 3.8) is 0 Å². The summed E-state index contributed by atoms with van der Waals surface area (Å²) in [5.41, 5.74) is 1.01. The van der Waals surface area contributed by atoms with E-state index in [1.54, 1.807) is 31.2 Å². The van der Waals surface area contributed by atoms with Gasteiger partial charge in [-0.25, -0.2) is 13.2 Å². The van der Waals surface area contributed by atoms with Gasteiger partial charge in [-0.1, -0.05) is 31.2 Å². The predicted molar refractivity (Wildman–Crippen MR) is 72.4 cm³/mol. The lowest BCUT2D eigenvalue weighted by atomic mass is 9.94. The highest BCUT2D eigenvalue weighted by Crippen LogP contribution is 2.29. The third-order valence-corrected chi connectivity index (χ3v) is 3.28. The monoisotopic (exact) mass is 294 g/mol. The molecule has 0 saturated carbocycles. The maximum Gasteiger partial charge on any atom is 0.303 e. The van der Waals surface area contributed by atoms with Crippen LogP contribution in [0.25, 0.3) is 11.1 Å². The summed E-state index contributed by atoms with van der Waals surface area (Å²) >= 11 is 0. The Morgan fingerprint density at radius 3 is 2.52 bits per heavy atom. The molecule has 0 amide bonds. The van der Waals surface area contributed by atoms with Crippen molar-refractivity contribution in [1.29, 1.82) is 0 Å². The van der Waals surface area contributed by atoms with Gasteiger partial charge in [0.1, 0.15) is 0 Å². The van der Waals surface area contributed by atoms with Gasteiger partial charge >= 0.3 is 5.97 Å². The van der Waals surface area contributed by atoms with Gasteiger partial charge in [-0.2, -0.15) is 0 Å². The van der Waals surface area contributed by atoms with Crippen LogP contribution in [-0.2, 0) is 4.79 Å². The first kappa shape index (κ1) is 15.1. The van der Waals surface area contributed by atoms with Crippen LogP contribution in [-0.4, -0.2) is 11.1 Å². The summed E-state index contributed by atoms with van der Waals surface area (Å²) in [5, 5.41) is 8.79. The molecular weight excluding hydrogens is 281 g/mol. The van der Waals surface area contributed by atoms with Gasteiger partial charge in [0.25, 0.3) is 0 Å². The third kappa shape index (κ3) is 3.24. The van der Waals surface area contributed by atoms with E-state index >= 15 is 0 Å². The van der Waals surface area contributed by atoms with Crippen molar-refractivity contribution in [3.05, 3.63) is 59.4 Å². The van der Waals surface area contributed by atoms with Gasteiger partial charge < -0.3 is 5.11 Å². The van der Waals surface area contributed by atoms with E-state index in [2.05, 4.69) is 0 Å². The van der Waals surface area contributed by atoms with E-state index in [0.29, 0.717) is 11.1 Å². The zero-order chi connectivity index (χ0) is 15.6. The first-order chi connectivity index (χ1) is 9.90. The van der Waals surface area contributed by atoms with Gasteiger partial charge in [0.2, 0.25) is 0 Å². The Balaban J connectivity index is 2.42. The molecule has 0 spiro atoms. The highest BCUT2D eigenvalue weighted by atomic mass is 19.2. The van der Waals surface area contributed by atoms with Gasteiger partial charge in [0, 0.05) is 5.56 Å². The molecule has 21 heavy (non-hydrogen) atoms. The Hall–Kier alpha value is -2.30. The molecule has 0 heterocycles. The first-order valence-electron chi connectivity index (χ1n) is 6.35. The summed E-state index contributed by atoms with van der Waals surface area (Å²) in [7, 11) is 0. The normalized spacial score (nSPS) is 12.2. The summed E-state index contributed by atoms with van der Waals surface area (Å²) in [5.74, 6) is -5.22. The molecule has 0 aliphatic heterocycles. The van der Waals surface area contributed by atoms with Gasteiger partial charge in [-0.05, 0) is 29.2 Å². The fourth-order valence-corrected chi connectivity index (χ4v) is 2.14. The van der Waals surface area contributed by atoms with E-state index in [1.165, 1.54) is 0 Å². The molecular formula is C16H13F3O2. The van der Waals surface area contributed by atoms with Crippen LogP contribution < -0.4 is 0 Å². The Kier molecular flexibility index (Phi) is 4.31. The largest absolute Gasteiger partial charge is 0.481 e. The lowest BCUT2D eigenvalue weighted by Crippen LogP contribution is -2.03. The molecule has 0 bridgehead atoms. The Labute approximate surface area is 119 Å². The molecule has 0 aliphatic rings. The van der Waals surface area contributed by atoms with Crippen molar-refractivity contribution in [2.45, 2.75) is 19.3 Å². The van der Waals surface area contributed by atoms with E-state index in [-0.39, 0.29) is 17.9 Å². The second-order valence-corrected chi connectivity index (χ2v) is 4.85. The van der Waals surface area contributed by atoms with E-state index in [9.17, 15) is 18.0 Å². The minimum absolute atomic E-state index is 0.0572. The number of carboxylic acid groups (broad SMARTS) is 1. The van der Waals surface area contributed by atoms with Gasteiger partial charge in [0.15, 0.2) is 17.5 Å². The minimum atomic E-state index is -1.52. The number of aliphatic carboxylic acids is 1. The Morgan fingerprint density at radius 2 is 1.86 bits per heavy atom. The van der Waals surface area contributed by atoms with Crippen molar-refractivity contribution in [3.8, 4) is 11.1 Å². The fourth-order valence-electron chi connectivity index (χ4n) is 2.14. The average Bonchev–Trinajstić information content (AvgIpc) is 2.44. The van der Waals surface area contributed by atoms with Gasteiger partial charge in [-0.3, -0.25) is 4.79 Å². The molecule has 1 unspecified atom stereocenters. The summed E-state index contributed by atoms with van der Waals surface area (Å²) < 4.78 is 40.0. The number of benzene rings is 2. The summed E-state index contributed by atoms with van der Waals surface area (Å²) in [6, 6.07) is 8.52. The van der Waals surface area contributed by atoms with Crippen LogP contribution in [0.4, 0.5) is 13.2 Å². The van der Waals surface area contributed by atoms with Crippen LogP contribution in [0.2, 0.25) is 0 Å². The maximum atomic E-state index is 13.8. The Morgan fingerprint density at radius 1 is 1.14 bits per heavy atom. The van der Waals surface area contributed by atoms with Crippen LogP contribution in [0.5, 0.6) is 0 Å². The molecule has 0 aromatic heterocycles. The van der Waals surface area contributed by atoms with Crippen LogP contribution in [0, 0.1) is 17.5 Å². The number of carbonyl (C=O) groups is 1. The maximum absolute atomic E-state index is 13.8. The number of halogens is 3. The number of hydrogen-bond donors (Lipinski definition) is 1. The number of carboxylic acids is 1. The molecule has 0 fully saturated rings. The van der Waals surface area contributed by atoms with Crippen LogP contribution >= 0.6 is 0 Å². The molecule has 2 aromatic carbocycles. The highest BCUT2D eigenvalue weighted by molar-refractivity contribution is 5.69. The molecule has 2 rings (SSSR count). The van der Waals surface area contributed by atoms with E-state index in [0.717, 1.165) is 12.1 Å². The summed E-state index contributed by atoms with van der Waals surface area (Å²) in [4.78, 5) is 10.7. The second-order valence-electron chi connectivity index (χ2n) is 4.85. The Bertz CT molecular complexity index is 683. The van der Waals surface area contributed by atoms with Crippen molar-refractivity contribution in [1.82, 2.24) is 0 Å². The minimum Gasteiger partial charge on any atom is -0.481 e. The second kappa shape index (κ2) is 5.99. The molecule has 1 N–H and O–H groups in total. The van der Waals surface area contributed by atoms with Crippen molar-refractivity contribution in [2.75, 3.05) is 0 Å². The molecule has 0 saturated heterocycles. The molecule has 110 valence electrons. The van der Waals surface area contributed by atoms with Crippen LogP contribution in [0.15, 0.2) is 36.4 Å². The van der Waals surface area contributed by atoms with E-state index in [1.807, 2.05) is 0 Å². The smallest absolute Gasteiger partial charge is 0.303 e. The van der Waals surface area contributed by atoms with Gasteiger partial charge in [-0.15, -0.1) is 0 Å². The summed E-state index contributed by atoms with van der Waals surface area (Å²) in [6.07, 6.45) is -0.0658. The number of rotatable bonds is 4. The quantitative estimate of drug-likeness (QED) is 0.851. The van der Waals surface area contributed by atoms with Crippen molar-refractivity contribution in [2.24, 2.45) is 0 Å². The van der Waals surface area contributed by atoms with Crippen molar-refractivity contribution >= 4 is 5.97 Å². The predicted octanol–water partition coefficient (Wildman–Crippen LogP) is 4.35. The fraction of sp³-hybridized carbons (Fsp3) is 0.188. The third-order valence-electron chi connectivity index (χ3n) is 3.28. The lowest BCUT2D eigenvalue weighted by Gasteiger charge is -2.12. The van der Waals surface area contributed by atoms with E-state index < -0.39 is 23.4 Å². The molecule has 2 nitrogen and oxygen atoms in total. The van der Waals surface area contributed by atoms with Crippen LogP contribution in [0.3, 0.4) is 0 Å². The molecule has 2 aromatic rings. The lowest BCUT2D eigenvalue weighted by molar-refractivity contribution is -0.137. The molecule has 1 atom stereocenters. The number of hydrogen-bond acceptors (Lipinski definition) is 1. The molecule has 0 radical (unpaired) electrons. The summed E-state index contributed by atoms with van der Waals surface area (Å²) in [6.45, 7) is 1.73. The molecule has 0 aliphatic carbocycles. The zero-order valence-electron chi connectivity index (χ0n) is 11.2. The molecule has 5 heteroatoms. The van der Waals surface area contributed by atoms with E-state index in [4.69, 9.17) is 5.11 Å².